The highest BCUT2D eigenvalue weighted by Crippen LogP contribution is 2.22. The first-order chi connectivity index (χ1) is 7.52. The van der Waals surface area contributed by atoms with Crippen molar-refractivity contribution < 1.29 is 9.90 Å². The Hall–Kier alpha value is -0.840. The highest BCUT2D eigenvalue weighted by atomic mass is 32.1. The first kappa shape index (κ1) is 13.2. The quantitative estimate of drug-likeness (QED) is 0.763. The van der Waals surface area contributed by atoms with Crippen molar-refractivity contribution in [3.8, 4) is 0 Å². The van der Waals surface area contributed by atoms with Gasteiger partial charge in [-0.3, -0.25) is 4.79 Å². The zero-order valence-electron chi connectivity index (χ0n) is 9.98. The number of hydrogen-bond acceptors (Lipinski definition) is 2. The van der Waals surface area contributed by atoms with Crippen LogP contribution in [0.25, 0.3) is 0 Å². The summed E-state index contributed by atoms with van der Waals surface area (Å²) in [7, 11) is 3.70. The van der Waals surface area contributed by atoms with Gasteiger partial charge in [-0.05, 0) is 25.1 Å². The Kier molecular flexibility index (Phi) is 4.99. The largest absolute Gasteiger partial charge is 0.480 e. The van der Waals surface area contributed by atoms with Crippen molar-refractivity contribution in [2.24, 2.45) is 0 Å². The Morgan fingerprint density at radius 3 is 2.38 bits per heavy atom. The van der Waals surface area contributed by atoms with Crippen LogP contribution in [0.1, 0.15) is 32.1 Å². The fourth-order valence-corrected chi connectivity index (χ4v) is 2.38. The highest BCUT2D eigenvalue weighted by Gasteiger charge is 2.22. The molecule has 0 aromatic carbocycles. The molecule has 0 unspecified atom stereocenters. The molecule has 0 radical (unpaired) electrons. The summed E-state index contributed by atoms with van der Waals surface area (Å²) in [4.78, 5) is 14.3. The monoisotopic (exact) mass is 244 g/mol. The zero-order valence-corrected chi connectivity index (χ0v) is 10.8. The van der Waals surface area contributed by atoms with E-state index in [4.69, 9.17) is 17.3 Å². The SMILES string of the molecule is CN(CC(=O)O)C(=S)N(C)C1CCCCC1. The van der Waals surface area contributed by atoms with Gasteiger partial charge in [-0.2, -0.15) is 0 Å². The van der Waals surface area contributed by atoms with Gasteiger partial charge in [-0.25, -0.2) is 0 Å². The average Bonchev–Trinajstić information content (AvgIpc) is 2.27. The van der Waals surface area contributed by atoms with E-state index in [-0.39, 0.29) is 6.54 Å². The van der Waals surface area contributed by atoms with Crippen LogP contribution in [0.4, 0.5) is 0 Å². The van der Waals surface area contributed by atoms with Crippen LogP contribution in [0, 0.1) is 0 Å². The molecular formula is C11H20N2O2S. The third kappa shape index (κ3) is 3.63. The smallest absolute Gasteiger partial charge is 0.323 e. The predicted octanol–water partition coefficient (Wildman–Crippen LogP) is 1.55. The molecule has 0 aromatic rings. The number of nitrogens with zero attached hydrogens (tertiary/aromatic N) is 2. The van der Waals surface area contributed by atoms with Crippen LogP contribution in [0.15, 0.2) is 0 Å². The van der Waals surface area contributed by atoms with Crippen LogP contribution in [0.5, 0.6) is 0 Å². The Bertz CT molecular complexity index is 265. The molecule has 0 heterocycles. The molecule has 0 amide bonds. The summed E-state index contributed by atoms with van der Waals surface area (Å²) in [5.41, 5.74) is 0. The summed E-state index contributed by atoms with van der Waals surface area (Å²) >= 11 is 5.29. The maximum atomic E-state index is 10.6. The van der Waals surface area contributed by atoms with Crippen molar-refractivity contribution in [3.05, 3.63) is 0 Å². The van der Waals surface area contributed by atoms with E-state index in [1.807, 2.05) is 7.05 Å². The second-order valence-electron chi connectivity index (χ2n) is 4.44. The molecule has 1 aliphatic carbocycles. The molecule has 1 saturated carbocycles. The summed E-state index contributed by atoms with van der Waals surface area (Å²) in [6.45, 7) is -0.0319. The molecule has 0 aromatic heterocycles. The fraction of sp³-hybridized carbons (Fsp3) is 0.818. The maximum absolute atomic E-state index is 10.6. The van der Waals surface area contributed by atoms with Crippen LogP contribution in [-0.4, -0.2) is 52.7 Å². The van der Waals surface area contributed by atoms with E-state index in [0.717, 1.165) is 12.8 Å². The molecule has 1 fully saturated rings. The number of likely N-dealkylation sites (N-methyl/N-ethyl adjacent to an activating group) is 1. The Balaban J connectivity index is 2.48. The molecule has 16 heavy (non-hydrogen) atoms. The standard InChI is InChI=1S/C11H20N2O2S/c1-12(8-10(14)15)11(16)13(2)9-6-4-3-5-7-9/h9H,3-8H2,1-2H3,(H,14,15). The molecule has 5 heteroatoms. The van der Waals surface area contributed by atoms with Gasteiger partial charge >= 0.3 is 5.97 Å². The number of carbonyl (C=O) groups is 1. The Morgan fingerprint density at radius 1 is 1.31 bits per heavy atom. The molecule has 1 rings (SSSR count). The normalized spacial score (nSPS) is 16.9. The van der Waals surface area contributed by atoms with Crippen molar-refractivity contribution in [2.45, 2.75) is 38.1 Å². The molecule has 0 bridgehead atoms. The lowest BCUT2D eigenvalue weighted by atomic mass is 9.95. The van der Waals surface area contributed by atoms with Gasteiger partial charge in [-0.1, -0.05) is 19.3 Å². The third-order valence-electron chi connectivity index (χ3n) is 3.12. The fourth-order valence-electron chi connectivity index (χ4n) is 2.16. The van der Waals surface area contributed by atoms with Gasteiger partial charge in [-0.15, -0.1) is 0 Å². The van der Waals surface area contributed by atoms with E-state index in [0.29, 0.717) is 11.2 Å². The van der Waals surface area contributed by atoms with Gasteiger partial charge in [0.05, 0.1) is 0 Å². The molecule has 0 spiro atoms. The number of aliphatic carboxylic acids is 1. The predicted molar refractivity (Wildman–Crippen MR) is 67.5 cm³/mol. The molecule has 92 valence electrons. The van der Waals surface area contributed by atoms with Gasteiger partial charge in [0.25, 0.3) is 0 Å². The second-order valence-corrected chi connectivity index (χ2v) is 4.80. The molecule has 4 nitrogen and oxygen atoms in total. The van der Waals surface area contributed by atoms with E-state index in [1.165, 1.54) is 19.3 Å². The molecule has 0 aliphatic heterocycles. The van der Waals surface area contributed by atoms with E-state index in [1.54, 1.807) is 11.9 Å². The van der Waals surface area contributed by atoms with Crippen LogP contribution in [0.2, 0.25) is 0 Å². The lowest BCUT2D eigenvalue weighted by Gasteiger charge is -2.36. The van der Waals surface area contributed by atoms with E-state index < -0.39 is 5.97 Å². The minimum absolute atomic E-state index is 0.0319. The first-order valence-electron chi connectivity index (χ1n) is 5.72. The van der Waals surface area contributed by atoms with E-state index in [2.05, 4.69) is 4.90 Å². The number of thiocarbonyl (C=S) groups is 1. The summed E-state index contributed by atoms with van der Waals surface area (Å²) in [6, 6.07) is 0.484. The van der Waals surface area contributed by atoms with Crippen LogP contribution in [0.3, 0.4) is 0 Å². The number of carboxylic acids is 1. The van der Waals surface area contributed by atoms with Crippen LogP contribution in [-0.2, 0) is 4.79 Å². The van der Waals surface area contributed by atoms with Crippen molar-refractivity contribution in [3.63, 3.8) is 0 Å². The Morgan fingerprint density at radius 2 is 1.88 bits per heavy atom. The van der Waals surface area contributed by atoms with Crippen LogP contribution >= 0.6 is 12.2 Å². The number of rotatable bonds is 3. The minimum atomic E-state index is -0.845. The maximum Gasteiger partial charge on any atom is 0.323 e. The number of hydrogen-bond donors (Lipinski definition) is 1. The molecule has 0 saturated heterocycles. The molecule has 1 N–H and O–H groups in total. The summed E-state index contributed by atoms with van der Waals surface area (Å²) in [6.07, 6.45) is 6.14. The topological polar surface area (TPSA) is 43.8 Å². The third-order valence-corrected chi connectivity index (χ3v) is 3.72. The van der Waals surface area contributed by atoms with Crippen molar-refractivity contribution >= 4 is 23.3 Å². The molecule has 1 aliphatic rings. The van der Waals surface area contributed by atoms with Gasteiger partial charge in [0.1, 0.15) is 6.54 Å². The van der Waals surface area contributed by atoms with E-state index >= 15 is 0 Å². The number of carboxylic acid groups (broad SMARTS) is 1. The summed E-state index contributed by atoms with van der Waals surface area (Å²) in [5, 5.41) is 9.34. The second kappa shape index (κ2) is 6.03. The van der Waals surface area contributed by atoms with Crippen molar-refractivity contribution in [2.75, 3.05) is 20.6 Å². The van der Waals surface area contributed by atoms with Gasteiger partial charge in [0, 0.05) is 20.1 Å². The lowest BCUT2D eigenvalue weighted by molar-refractivity contribution is -0.137. The zero-order chi connectivity index (χ0) is 12.1. The summed E-state index contributed by atoms with van der Waals surface area (Å²) < 4.78 is 0. The first-order valence-corrected chi connectivity index (χ1v) is 6.13. The van der Waals surface area contributed by atoms with Gasteiger partial charge < -0.3 is 14.9 Å². The van der Waals surface area contributed by atoms with Gasteiger partial charge in [0.15, 0.2) is 5.11 Å². The minimum Gasteiger partial charge on any atom is -0.480 e. The Labute approximate surface area is 102 Å². The van der Waals surface area contributed by atoms with E-state index in [9.17, 15) is 4.79 Å². The van der Waals surface area contributed by atoms with Gasteiger partial charge in [0.2, 0.25) is 0 Å². The molecule has 0 atom stereocenters. The van der Waals surface area contributed by atoms with Crippen molar-refractivity contribution in [1.29, 1.82) is 0 Å². The molecular weight excluding hydrogens is 224 g/mol. The van der Waals surface area contributed by atoms with Crippen molar-refractivity contribution in [1.82, 2.24) is 9.80 Å². The van der Waals surface area contributed by atoms with Crippen LogP contribution < -0.4 is 0 Å². The average molecular weight is 244 g/mol. The lowest BCUT2D eigenvalue weighted by Crippen LogP contribution is -2.46. The highest BCUT2D eigenvalue weighted by molar-refractivity contribution is 7.80. The summed E-state index contributed by atoms with van der Waals surface area (Å²) in [5.74, 6) is -0.845.